The minimum atomic E-state index is -1.46. The zero-order valence-corrected chi connectivity index (χ0v) is 39.8. The van der Waals surface area contributed by atoms with E-state index in [-0.39, 0.29) is 69.6 Å². The summed E-state index contributed by atoms with van der Waals surface area (Å²) >= 11 is 0. The van der Waals surface area contributed by atoms with Crippen molar-refractivity contribution in [1.82, 2.24) is 31.9 Å². The van der Waals surface area contributed by atoms with Crippen LogP contribution in [0.25, 0.3) is 0 Å². The van der Waals surface area contributed by atoms with Gasteiger partial charge in [0.1, 0.15) is 19.9 Å². The zero-order valence-electron chi connectivity index (χ0n) is 39.8. The Kier molecular flexibility index (Phi) is 23.1. The maximum Gasteiger partial charge on any atom is 0.508 e. The van der Waals surface area contributed by atoms with E-state index >= 15 is 0 Å². The van der Waals surface area contributed by atoms with Gasteiger partial charge in [0.25, 0.3) is 0 Å². The zero-order chi connectivity index (χ0) is 52.7. The van der Waals surface area contributed by atoms with E-state index < -0.39 is 109 Å². The molecule has 4 rings (SSSR count). The first kappa shape index (κ1) is 57.2. The second-order valence-electron chi connectivity index (χ2n) is 15.7. The van der Waals surface area contributed by atoms with E-state index in [1.807, 2.05) is 0 Å². The molecule has 14 N–H and O–H groups in total. The molecule has 10 atom stereocenters. The molecule has 0 spiro atoms. The van der Waals surface area contributed by atoms with E-state index in [0.717, 1.165) is 14.2 Å². The molecule has 32 heteroatoms. The van der Waals surface area contributed by atoms with Gasteiger partial charge in [-0.2, -0.15) is 0 Å². The number of nitrogens with two attached hydrogens (primary N) is 4. The number of nitrogens with zero attached hydrogens (tertiary/aromatic N) is 2. The number of amides is 4. The Morgan fingerprint density at radius 3 is 1.64 bits per heavy atom. The Morgan fingerprint density at radius 2 is 1.17 bits per heavy atom. The van der Waals surface area contributed by atoms with Crippen molar-refractivity contribution in [3.05, 3.63) is 23.7 Å². The van der Waals surface area contributed by atoms with Crippen LogP contribution in [0.4, 0.5) is 14.4 Å². The lowest BCUT2D eigenvalue weighted by Gasteiger charge is -2.39. The molecule has 2 saturated heterocycles. The van der Waals surface area contributed by atoms with Gasteiger partial charge in [0.05, 0.1) is 58.1 Å². The molecule has 0 bridgehead atoms. The predicted molar refractivity (Wildman–Crippen MR) is 240 cm³/mol. The van der Waals surface area contributed by atoms with Crippen LogP contribution in [0.1, 0.15) is 33.1 Å². The largest absolute Gasteiger partial charge is 0.508 e. The number of nitrogens with one attached hydrogen (secondary N) is 6. The quantitative estimate of drug-likeness (QED) is 0.00513. The fourth-order valence-electron chi connectivity index (χ4n) is 7.18. The summed E-state index contributed by atoms with van der Waals surface area (Å²) in [5, 5.41) is 16.6. The SMILES string of the molecule is COC(=O)C1=C[C@H](N=C(N)N)[C@@H](NC(C)=O)[C@H]([C@H](OOCNCCCNC(=O)CCOCNCCCNC(=O)O[C@@H]([C@@H]2OC(C(=O)OC)=C[C@H](N=C(N)N)[C@H]2NC(C)=O)[C@H]2COC(=O)O2)[C@H]2COC(=O)O2)O1. The Morgan fingerprint density at radius 1 is 0.681 bits per heavy atom. The molecule has 72 heavy (non-hydrogen) atoms. The Hall–Kier alpha value is -7.42. The highest BCUT2D eigenvalue weighted by atomic mass is 17.2. The summed E-state index contributed by atoms with van der Waals surface area (Å²) in [6.45, 7) is 2.92. The van der Waals surface area contributed by atoms with Crippen molar-refractivity contribution >= 4 is 60.0 Å². The average molecular weight is 1030 g/mol. The minimum absolute atomic E-state index is 0.0650. The smallest absolute Gasteiger partial charge is 0.478 e. The van der Waals surface area contributed by atoms with Crippen molar-refractivity contribution in [2.24, 2.45) is 32.9 Å². The Labute approximate surface area is 411 Å². The molecule has 0 radical (unpaired) electrons. The number of esters is 2. The third kappa shape index (κ3) is 18.4. The van der Waals surface area contributed by atoms with Gasteiger partial charge < -0.3 is 91.6 Å². The number of aliphatic imine (C=N–C) groups is 2. The lowest BCUT2D eigenvalue weighted by Crippen LogP contribution is -2.61. The fraction of sp³-hybridized carbons (Fsp3) is 0.650. The number of carbonyl (C=O) groups excluding carboxylic acids is 8. The van der Waals surface area contributed by atoms with Gasteiger partial charge in [0.2, 0.25) is 29.2 Å². The molecule has 4 heterocycles. The average Bonchev–Trinajstić information content (AvgIpc) is 3.96. The molecule has 402 valence electrons. The summed E-state index contributed by atoms with van der Waals surface area (Å²) in [5.74, 6) is -4.56. The molecule has 0 aromatic heterocycles. The topological polar surface area (TPSA) is 448 Å². The van der Waals surface area contributed by atoms with Gasteiger partial charge >= 0.3 is 30.3 Å². The number of guanidine groups is 2. The van der Waals surface area contributed by atoms with Gasteiger partial charge in [-0.1, -0.05) is 0 Å². The number of methoxy groups -OCH3 is 2. The van der Waals surface area contributed by atoms with E-state index in [4.69, 9.17) is 80.1 Å². The van der Waals surface area contributed by atoms with Crippen molar-refractivity contribution < 1.29 is 95.5 Å². The standard InChI is InChI=1S/C40H62N12O20/c1-19(53)49-28-21(51-36(41)42)13-23(34(56)61-3)67-32(28)30(25-15-64-39(59)69-25)71-38(58)48-11-6-8-45-17-63-12-7-27(55)47-10-5-9-46-18-66-72-31(26-16-65-40(60)70-26)33-29(50-20(2)54)22(52-37(43)44)14-24(68-33)35(57)62-4/h13-14,21-22,25-26,28-33,45-46H,5-12,15-18H2,1-4H3,(H,47,55)(H,48,58)(H,49,53)(H,50,54)(H4,41,42,51)(H4,43,44,52)/t21-,22-,25+,26+,28+,29+,30+,31+,32+,33+/m0/s1. The van der Waals surface area contributed by atoms with Gasteiger partial charge in [0.15, 0.2) is 48.5 Å². The Balaban J connectivity index is 1.13. The predicted octanol–water partition coefficient (Wildman–Crippen LogP) is -4.93. The number of cyclic esters (lactones) is 4. The van der Waals surface area contributed by atoms with Crippen molar-refractivity contribution in [1.29, 1.82) is 0 Å². The van der Waals surface area contributed by atoms with Gasteiger partial charge in [-0.3, -0.25) is 25.0 Å². The summed E-state index contributed by atoms with van der Waals surface area (Å²) in [6.07, 6.45) is -7.38. The second kappa shape index (κ2) is 29.1. The monoisotopic (exact) mass is 1030 g/mol. The highest BCUT2D eigenvalue weighted by Gasteiger charge is 2.51. The molecule has 4 aliphatic rings. The number of hydrogen-bond donors (Lipinski definition) is 10. The molecular weight excluding hydrogens is 969 g/mol. The molecule has 0 aromatic carbocycles. The summed E-state index contributed by atoms with van der Waals surface area (Å²) in [5.41, 5.74) is 22.5. The third-order valence-corrected chi connectivity index (χ3v) is 10.2. The first-order valence-electron chi connectivity index (χ1n) is 22.2. The highest BCUT2D eigenvalue weighted by Crippen LogP contribution is 2.31. The molecule has 4 aliphatic heterocycles. The number of alkyl carbamates (subject to hydrolysis) is 1. The highest BCUT2D eigenvalue weighted by molar-refractivity contribution is 5.88. The molecule has 0 aliphatic carbocycles. The van der Waals surface area contributed by atoms with Gasteiger partial charge in [-0.05, 0) is 38.1 Å². The fourth-order valence-corrected chi connectivity index (χ4v) is 7.18. The second-order valence-corrected chi connectivity index (χ2v) is 15.7. The molecule has 2 fully saturated rings. The van der Waals surface area contributed by atoms with Crippen molar-refractivity contribution in [2.45, 2.75) is 93.9 Å². The summed E-state index contributed by atoms with van der Waals surface area (Å²) in [4.78, 5) is 118. The van der Waals surface area contributed by atoms with Crippen LogP contribution in [0.15, 0.2) is 33.7 Å². The maximum absolute atomic E-state index is 13.0. The lowest BCUT2D eigenvalue weighted by molar-refractivity contribution is -0.355. The molecule has 0 unspecified atom stereocenters. The number of hydrogen-bond acceptors (Lipinski definition) is 24. The van der Waals surface area contributed by atoms with Crippen LogP contribution in [0.2, 0.25) is 0 Å². The van der Waals surface area contributed by atoms with E-state index in [2.05, 4.69) is 41.9 Å². The van der Waals surface area contributed by atoms with Crippen LogP contribution >= 0.6 is 0 Å². The molecule has 0 saturated carbocycles. The van der Waals surface area contributed by atoms with Crippen LogP contribution in [-0.4, -0.2) is 194 Å². The summed E-state index contributed by atoms with van der Waals surface area (Å²) in [6, 6.07) is -4.33. The van der Waals surface area contributed by atoms with Gasteiger partial charge in [-0.15, -0.1) is 0 Å². The number of ether oxygens (including phenoxy) is 10. The van der Waals surface area contributed by atoms with Crippen molar-refractivity contribution in [2.75, 3.05) is 73.7 Å². The van der Waals surface area contributed by atoms with E-state index in [1.165, 1.54) is 26.0 Å². The Bertz CT molecular complexity index is 2030. The first-order valence-corrected chi connectivity index (χ1v) is 22.2. The van der Waals surface area contributed by atoms with E-state index in [1.54, 1.807) is 0 Å². The van der Waals surface area contributed by atoms with Crippen LogP contribution in [0.5, 0.6) is 0 Å². The van der Waals surface area contributed by atoms with Crippen molar-refractivity contribution in [3.8, 4) is 0 Å². The van der Waals surface area contributed by atoms with Crippen LogP contribution in [-0.2, 0) is 81.1 Å². The van der Waals surface area contributed by atoms with E-state index in [9.17, 15) is 38.4 Å². The van der Waals surface area contributed by atoms with Crippen LogP contribution in [0, 0.1) is 0 Å². The van der Waals surface area contributed by atoms with E-state index in [0.29, 0.717) is 32.5 Å². The van der Waals surface area contributed by atoms with Crippen LogP contribution < -0.4 is 54.8 Å². The normalized spacial score (nSPS) is 23.9. The third-order valence-electron chi connectivity index (χ3n) is 10.2. The molecule has 0 aromatic rings. The summed E-state index contributed by atoms with van der Waals surface area (Å²) in [7, 11) is 2.23. The summed E-state index contributed by atoms with van der Waals surface area (Å²) < 4.78 is 52.7. The molecular formula is C40H62N12O20. The van der Waals surface area contributed by atoms with Gasteiger partial charge in [-0.25, -0.2) is 43.7 Å². The first-order chi connectivity index (χ1) is 34.4. The molecule has 32 nitrogen and oxygen atoms in total. The van der Waals surface area contributed by atoms with Crippen LogP contribution in [0.3, 0.4) is 0 Å². The number of rotatable bonds is 28. The minimum Gasteiger partial charge on any atom is -0.478 e. The van der Waals surface area contributed by atoms with Gasteiger partial charge in [0, 0.05) is 26.9 Å². The van der Waals surface area contributed by atoms with Crippen molar-refractivity contribution in [3.63, 3.8) is 0 Å². The number of carbonyl (C=O) groups is 8. The molecule has 4 amide bonds. The lowest BCUT2D eigenvalue weighted by atomic mass is 9.92. The maximum atomic E-state index is 13.0.